The van der Waals surface area contributed by atoms with Gasteiger partial charge < -0.3 is 14.6 Å². The molecule has 2 aliphatic rings. The number of H-pyrrole nitrogens is 1. The number of halogens is 1. The van der Waals surface area contributed by atoms with Crippen molar-refractivity contribution >= 4 is 11.9 Å². The first kappa shape index (κ1) is 24.7. The first-order chi connectivity index (χ1) is 18.1. The summed E-state index contributed by atoms with van der Waals surface area (Å²) in [6.45, 7) is 4.44. The fourth-order valence-electron chi connectivity index (χ4n) is 5.14. The third-order valence-electron chi connectivity index (χ3n) is 7.07. The van der Waals surface area contributed by atoms with Gasteiger partial charge in [0.1, 0.15) is 35.9 Å². The average molecular weight is 499 g/mol. The summed E-state index contributed by atoms with van der Waals surface area (Å²) >= 11 is 0. The van der Waals surface area contributed by atoms with Gasteiger partial charge in [0.05, 0.1) is 23.5 Å². The van der Waals surface area contributed by atoms with Crippen LogP contribution in [0.25, 0.3) is 17.3 Å². The van der Waals surface area contributed by atoms with Gasteiger partial charge in [0, 0.05) is 18.7 Å². The zero-order valence-corrected chi connectivity index (χ0v) is 20.8. The van der Waals surface area contributed by atoms with E-state index in [2.05, 4.69) is 20.9 Å². The van der Waals surface area contributed by atoms with Gasteiger partial charge in [0.15, 0.2) is 0 Å². The largest absolute Gasteiger partial charge is 0.491 e. The van der Waals surface area contributed by atoms with Gasteiger partial charge in [-0.05, 0) is 86.8 Å². The van der Waals surface area contributed by atoms with Crippen LogP contribution in [0.1, 0.15) is 48.7 Å². The van der Waals surface area contributed by atoms with Gasteiger partial charge in [0.2, 0.25) is 0 Å². The molecule has 7 nitrogen and oxygen atoms in total. The predicted molar refractivity (Wildman–Crippen MR) is 142 cm³/mol. The van der Waals surface area contributed by atoms with Crippen LogP contribution in [0.5, 0.6) is 5.75 Å². The van der Waals surface area contributed by atoms with Crippen LogP contribution in [0.2, 0.25) is 0 Å². The highest BCUT2D eigenvalue weighted by Crippen LogP contribution is 2.32. The number of rotatable bonds is 8. The van der Waals surface area contributed by atoms with Crippen LogP contribution in [0.4, 0.5) is 4.39 Å². The summed E-state index contributed by atoms with van der Waals surface area (Å²) in [5, 5.41) is 18.2. The molecular formula is C29H31FN6O. The number of amidine groups is 1. The fourth-order valence-corrected chi connectivity index (χ4v) is 5.14. The van der Waals surface area contributed by atoms with Crippen molar-refractivity contribution < 1.29 is 9.13 Å². The molecule has 1 unspecified atom stereocenters. The van der Waals surface area contributed by atoms with E-state index in [4.69, 9.17) is 10.1 Å². The molecule has 8 heteroatoms. The zero-order chi connectivity index (χ0) is 25.6. The highest BCUT2D eigenvalue weighted by atomic mass is 19.1. The number of ether oxygens (including phenoxy) is 1. The molecule has 190 valence electrons. The van der Waals surface area contributed by atoms with Crippen LogP contribution in [0.15, 0.2) is 54.7 Å². The van der Waals surface area contributed by atoms with Gasteiger partial charge in [-0.1, -0.05) is 12.1 Å². The Morgan fingerprint density at radius 2 is 2.05 bits per heavy atom. The molecule has 3 aromatic rings. The van der Waals surface area contributed by atoms with Gasteiger partial charge in [-0.15, -0.1) is 0 Å². The standard InChI is InChI=1S/C29H31FN6O/c30-24-6-3-5-22(18-24)26-7-4-14-36(26)28(32)10-11-29-33-20-25(34-29)21-8-9-27(23(17-21)19-31)37-16-15-35-12-1-2-13-35/h3,5-6,8-11,17-18,20,26,32H,1-2,4,7,12-16H2,(H,33,34)/b11-10-,32-28?. The van der Waals surface area contributed by atoms with E-state index in [0.29, 0.717) is 29.6 Å². The second-order valence-corrected chi connectivity index (χ2v) is 9.53. The Kier molecular flexibility index (Phi) is 7.62. The first-order valence-electron chi connectivity index (χ1n) is 12.8. The van der Waals surface area contributed by atoms with E-state index < -0.39 is 0 Å². The average Bonchev–Trinajstić information content (AvgIpc) is 3.70. The molecule has 0 radical (unpaired) electrons. The molecule has 5 rings (SSSR count). The Morgan fingerprint density at radius 1 is 1.19 bits per heavy atom. The van der Waals surface area contributed by atoms with Gasteiger partial charge in [-0.25, -0.2) is 9.37 Å². The summed E-state index contributed by atoms with van der Waals surface area (Å²) < 4.78 is 19.6. The molecule has 2 N–H and O–H groups in total. The summed E-state index contributed by atoms with van der Waals surface area (Å²) in [6.07, 6.45) is 9.55. The van der Waals surface area contributed by atoms with Crippen LogP contribution < -0.4 is 4.74 Å². The maximum atomic E-state index is 13.7. The number of nitrogens with zero attached hydrogens (tertiary/aromatic N) is 4. The number of likely N-dealkylation sites (tertiary alicyclic amines) is 2. The second-order valence-electron chi connectivity index (χ2n) is 9.53. The van der Waals surface area contributed by atoms with Gasteiger partial charge in [-0.3, -0.25) is 10.3 Å². The van der Waals surface area contributed by atoms with E-state index >= 15 is 0 Å². The van der Waals surface area contributed by atoms with Crippen molar-refractivity contribution in [3.8, 4) is 23.1 Å². The lowest BCUT2D eigenvalue weighted by molar-refractivity contribution is 0.237. The minimum atomic E-state index is -0.254. The second kappa shape index (κ2) is 11.4. The molecule has 2 saturated heterocycles. The van der Waals surface area contributed by atoms with Crippen LogP contribution in [0.3, 0.4) is 0 Å². The van der Waals surface area contributed by atoms with E-state index in [1.165, 1.54) is 18.9 Å². The molecule has 2 aromatic carbocycles. The van der Waals surface area contributed by atoms with Crippen molar-refractivity contribution in [1.82, 2.24) is 19.8 Å². The zero-order valence-electron chi connectivity index (χ0n) is 20.8. The minimum absolute atomic E-state index is 0.000463. The lowest BCUT2D eigenvalue weighted by Gasteiger charge is -2.26. The summed E-state index contributed by atoms with van der Waals surface area (Å²) in [5.41, 5.74) is 3.01. The third-order valence-corrected chi connectivity index (χ3v) is 7.07. The molecule has 2 aliphatic heterocycles. The SMILES string of the molecule is N#Cc1cc(-c2cnc(/C=C\C(=N)N3CCCC3c3cccc(F)c3)[nH]2)ccc1OCCN1CCCC1. The number of nitrogens with one attached hydrogen (secondary N) is 2. The van der Waals surface area contributed by atoms with Gasteiger partial charge in [0.25, 0.3) is 0 Å². The predicted octanol–water partition coefficient (Wildman–Crippen LogP) is 5.39. The van der Waals surface area contributed by atoms with Crippen LogP contribution >= 0.6 is 0 Å². The summed E-state index contributed by atoms with van der Waals surface area (Å²) in [5.74, 6) is 1.32. The van der Waals surface area contributed by atoms with E-state index in [-0.39, 0.29) is 11.9 Å². The number of hydrogen-bond acceptors (Lipinski definition) is 5. The Hall–Kier alpha value is -3.96. The van der Waals surface area contributed by atoms with E-state index in [1.807, 2.05) is 29.2 Å². The van der Waals surface area contributed by atoms with Crippen LogP contribution in [-0.4, -0.2) is 58.4 Å². The van der Waals surface area contributed by atoms with Gasteiger partial charge >= 0.3 is 0 Å². The number of aromatic amines is 1. The molecular weight excluding hydrogens is 467 g/mol. The summed E-state index contributed by atoms with van der Waals surface area (Å²) in [4.78, 5) is 12.1. The highest BCUT2D eigenvalue weighted by molar-refractivity contribution is 5.94. The molecule has 0 spiro atoms. The van der Waals surface area contributed by atoms with Crippen molar-refractivity contribution in [1.29, 1.82) is 10.7 Å². The molecule has 3 heterocycles. The minimum Gasteiger partial charge on any atom is -0.491 e. The van der Waals surface area contributed by atoms with Crippen molar-refractivity contribution in [3.05, 3.63) is 77.5 Å². The molecule has 0 bridgehead atoms. The Labute approximate surface area is 216 Å². The Morgan fingerprint density at radius 3 is 2.86 bits per heavy atom. The molecule has 0 saturated carbocycles. The molecule has 0 amide bonds. The maximum absolute atomic E-state index is 13.7. The van der Waals surface area contributed by atoms with Crippen molar-refractivity contribution in [3.63, 3.8) is 0 Å². The molecule has 1 aromatic heterocycles. The number of hydrogen-bond donors (Lipinski definition) is 2. The number of imidazole rings is 1. The number of benzene rings is 2. The van der Waals surface area contributed by atoms with E-state index in [9.17, 15) is 9.65 Å². The lowest BCUT2D eigenvalue weighted by atomic mass is 10.0. The Balaban J connectivity index is 1.22. The number of nitriles is 1. The van der Waals surface area contributed by atoms with Crippen molar-refractivity contribution in [2.45, 2.75) is 31.7 Å². The third kappa shape index (κ3) is 5.89. The van der Waals surface area contributed by atoms with Crippen LogP contribution in [0, 0.1) is 22.6 Å². The van der Waals surface area contributed by atoms with Crippen molar-refractivity contribution in [2.75, 3.05) is 32.8 Å². The monoisotopic (exact) mass is 498 g/mol. The lowest BCUT2D eigenvalue weighted by Crippen LogP contribution is -2.28. The van der Waals surface area contributed by atoms with Crippen molar-refractivity contribution in [2.24, 2.45) is 0 Å². The maximum Gasteiger partial charge on any atom is 0.137 e. The summed E-state index contributed by atoms with van der Waals surface area (Å²) in [7, 11) is 0. The molecule has 0 aliphatic carbocycles. The molecule has 2 fully saturated rings. The van der Waals surface area contributed by atoms with Crippen LogP contribution in [-0.2, 0) is 0 Å². The smallest absolute Gasteiger partial charge is 0.137 e. The quantitative estimate of drug-likeness (QED) is 0.321. The molecule has 37 heavy (non-hydrogen) atoms. The van der Waals surface area contributed by atoms with E-state index in [0.717, 1.165) is 55.8 Å². The summed E-state index contributed by atoms with van der Waals surface area (Å²) in [6, 6.07) is 14.4. The first-order valence-corrected chi connectivity index (χ1v) is 12.8. The topological polar surface area (TPSA) is 92.0 Å². The number of aromatic nitrogens is 2. The molecule has 1 atom stereocenters. The van der Waals surface area contributed by atoms with Gasteiger partial charge in [-0.2, -0.15) is 5.26 Å². The normalized spacial score (nSPS) is 17.9. The van der Waals surface area contributed by atoms with E-state index in [1.54, 1.807) is 30.5 Å². The highest BCUT2D eigenvalue weighted by Gasteiger charge is 2.27. The fraction of sp³-hybridized carbons (Fsp3) is 0.345. The Bertz CT molecular complexity index is 1320.